The zero-order valence-corrected chi connectivity index (χ0v) is 14.8. The largest absolute Gasteiger partial charge is 0.484 e. The summed E-state index contributed by atoms with van der Waals surface area (Å²) >= 11 is 0. The molecule has 144 valence electrons. The Bertz CT molecular complexity index is 786. The molecule has 2 rings (SSSR count). The molecule has 0 fully saturated rings. The Morgan fingerprint density at radius 2 is 1.74 bits per heavy atom. The zero-order valence-electron chi connectivity index (χ0n) is 14.8. The van der Waals surface area contributed by atoms with Gasteiger partial charge in [-0.1, -0.05) is 42.0 Å². The van der Waals surface area contributed by atoms with Gasteiger partial charge in [-0.15, -0.1) is 0 Å². The second-order valence-corrected chi connectivity index (χ2v) is 6.12. The number of benzene rings is 2. The predicted molar refractivity (Wildman–Crippen MR) is 94.6 cm³/mol. The topological polar surface area (TPSA) is 55.4 Å². The molecule has 0 atom stereocenters. The van der Waals surface area contributed by atoms with E-state index in [0.29, 0.717) is 11.1 Å². The van der Waals surface area contributed by atoms with Crippen LogP contribution in [0.1, 0.15) is 34.3 Å². The summed E-state index contributed by atoms with van der Waals surface area (Å²) in [7, 11) is 0. The Hall–Kier alpha value is -2.83. The molecule has 0 aliphatic carbocycles. The van der Waals surface area contributed by atoms with Crippen LogP contribution in [0.25, 0.3) is 0 Å². The first-order valence-electron chi connectivity index (χ1n) is 8.38. The van der Waals surface area contributed by atoms with Crippen molar-refractivity contribution in [3.05, 3.63) is 65.2 Å². The van der Waals surface area contributed by atoms with Crippen LogP contribution in [0.4, 0.5) is 13.2 Å². The maximum Gasteiger partial charge on any atom is 0.422 e. The molecule has 0 saturated heterocycles. The lowest BCUT2D eigenvalue weighted by atomic mass is 10.0. The summed E-state index contributed by atoms with van der Waals surface area (Å²) in [6, 6.07) is 13.2. The van der Waals surface area contributed by atoms with Gasteiger partial charge in [0.1, 0.15) is 5.75 Å². The average Bonchev–Trinajstić information content (AvgIpc) is 2.63. The van der Waals surface area contributed by atoms with Crippen LogP contribution in [-0.2, 0) is 11.3 Å². The fourth-order valence-corrected chi connectivity index (χ4v) is 2.31. The summed E-state index contributed by atoms with van der Waals surface area (Å²) in [4.78, 5) is 23.9. The standard InChI is InChI=1S/C20H20F3NO3/c1-14-5-7-16(8-6-14)18(25)9-10-19(26)24-12-15-3-2-4-17(11-15)27-13-20(21,22)23/h2-8,11H,9-10,12-13H2,1H3,(H,24,26). The van der Waals surface area contributed by atoms with E-state index in [1.165, 1.54) is 12.1 Å². The molecule has 4 nitrogen and oxygen atoms in total. The van der Waals surface area contributed by atoms with Crippen molar-refractivity contribution in [1.82, 2.24) is 5.32 Å². The Balaban J connectivity index is 1.78. The number of Topliss-reactive ketones (excluding diaryl/α,β-unsaturated/α-hetero) is 1. The molecular formula is C20H20F3NO3. The maximum absolute atomic E-state index is 12.2. The van der Waals surface area contributed by atoms with Crippen molar-refractivity contribution in [3.8, 4) is 5.75 Å². The minimum atomic E-state index is -4.41. The monoisotopic (exact) mass is 379 g/mol. The van der Waals surface area contributed by atoms with Crippen molar-refractivity contribution in [2.75, 3.05) is 6.61 Å². The van der Waals surface area contributed by atoms with E-state index in [1.54, 1.807) is 24.3 Å². The smallest absolute Gasteiger partial charge is 0.422 e. The van der Waals surface area contributed by atoms with Crippen LogP contribution in [-0.4, -0.2) is 24.5 Å². The first kappa shape index (κ1) is 20.5. The van der Waals surface area contributed by atoms with E-state index in [2.05, 4.69) is 10.1 Å². The van der Waals surface area contributed by atoms with Gasteiger partial charge in [0, 0.05) is 24.9 Å². The molecule has 1 amide bonds. The third kappa shape index (κ3) is 7.52. The van der Waals surface area contributed by atoms with E-state index in [1.807, 2.05) is 19.1 Å². The fourth-order valence-electron chi connectivity index (χ4n) is 2.31. The van der Waals surface area contributed by atoms with Gasteiger partial charge in [0.2, 0.25) is 5.91 Å². The van der Waals surface area contributed by atoms with E-state index >= 15 is 0 Å². The highest BCUT2D eigenvalue weighted by molar-refractivity contribution is 5.97. The number of ketones is 1. The summed E-state index contributed by atoms with van der Waals surface area (Å²) in [6.45, 7) is 0.690. The van der Waals surface area contributed by atoms with Crippen molar-refractivity contribution < 1.29 is 27.5 Å². The van der Waals surface area contributed by atoms with Crippen LogP contribution in [0, 0.1) is 6.92 Å². The highest BCUT2D eigenvalue weighted by atomic mass is 19.4. The zero-order chi connectivity index (χ0) is 19.9. The predicted octanol–water partition coefficient (Wildman–Crippen LogP) is 4.22. The molecule has 0 aliphatic heterocycles. The van der Waals surface area contributed by atoms with E-state index in [0.717, 1.165) is 5.56 Å². The van der Waals surface area contributed by atoms with E-state index in [-0.39, 0.29) is 36.8 Å². The lowest BCUT2D eigenvalue weighted by molar-refractivity contribution is -0.153. The minimum Gasteiger partial charge on any atom is -0.484 e. The van der Waals surface area contributed by atoms with Crippen molar-refractivity contribution in [2.24, 2.45) is 0 Å². The number of carbonyl (C=O) groups is 2. The highest BCUT2D eigenvalue weighted by Crippen LogP contribution is 2.19. The lowest BCUT2D eigenvalue weighted by Gasteiger charge is -2.10. The SMILES string of the molecule is Cc1ccc(C(=O)CCC(=O)NCc2cccc(OCC(F)(F)F)c2)cc1. The quantitative estimate of drug-likeness (QED) is 0.699. The molecule has 1 N–H and O–H groups in total. The Labute approximate surface area is 155 Å². The number of alkyl halides is 3. The number of ether oxygens (including phenoxy) is 1. The van der Waals surface area contributed by atoms with Gasteiger partial charge in [0.05, 0.1) is 0 Å². The van der Waals surface area contributed by atoms with Crippen molar-refractivity contribution in [3.63, 3.8) is 0 Å². The maximum atomic E-state index is 12.2. The summed E-state index contributed by atoms with van der Waals surface area (Å²) < 4.78 is 41.2. The van der Waals surface area contributed by atoms with Gasteiger partial charge < -0.3 is 10.1 Å². The van der Waals surface area contributed by atoms with Crippen LogP contribution >= 0.6 is 0 Å². The minimum absolute atomic E-state index is 0.0387. The molecule has 0 radical (unpaired) electrons. The fraction of sp³-hybridized carbons (Fsp3) is 0.300. The number of hydrogen-bond acceptors (Lipinski definition) is 3. The molecule has 0 bridgehead atoms. The first-order valence-corrected chi connectivity index (χ1v) is 8.38. The van der Waals surface area contributed by atoms with Gasteiger partial charge in [-0.05, 0) is 24.6 Å². The Kier molecular flexibility index (Phi) is 6.98. The lowest BCUT2D eigenvalue weighted by Crippen LogP contribution is -2.23. The van der Waals surface area contributed by atoms with Gasteiger partial charge in [0.25, 0.3) is 0 Å². The van der Waals surface area contributed by atoms with Gasteiger partial charge >= 0.3 is 6.18 Å². The van der Waals surface area contributed by atoms with Crippen LogP contribution in [0.2, 0.25) is 0 Å². The van der Waals surface area contributed by atoms with E-state index < -0.39 is 12.8 Å². The molecule has 0 heterocycles. The number of rotatable bonds is 8. The Morgan fingerprint density at radius 3 is 2.41 bits per heavy atom. The third-order valence-corrected chi connectivity index (χ3v) is 3.74. The second kappa shape index (κ2) is 9.21. The summed E-state index contributed by atoms with van der Waals surface area (Å²) in [5, 5.41) is 2.65. The van der Waals surface area contributed by atoms with Gasteiger partial charge in [-0.2, -0.15) is 13.2 Å². The molecule has 0 aromatic heterocycles. The second-order valence-electron chi connectivity index (χ2n) is 6.12. The molecule has 0 saturated carbocycles. The molecule has 2 aromatic carbocycles. The van der Waals surface area contributed by atoms with Crippen LogP contribution in [0.15, 0.2) is 48.5 Å². The van der Waals surface area contributed by atoms with Crippen LogP contribution in [0.5, 0.6) is 5.75 Å². The summed E-state index contributed by atoms with van der Waals surface area (Å²) in [5.41, 5.74) is 2.21. The number of halogens is 3. The molecule has 0 unspecified atom stereocenters. The van der Waals surface area contributed by atoms with Crippen molar-refractivity contribution >= 4 is 11.7 Å². The number of carbonyl (C=O) groups excluding carboxylic acids is 2. The van der Waals surface area contributed by atoms with E-state index in [9.17, 15) is 22.8 Å². The number of hydrogen-bond donors (Lipinski definition) is 1. The summed E-state index contributed by atoms with van der Waals surface area (Å²) in [5.74, 6) is -0.349. The highest BCUT2D eigenvalue weighted by Gasteiger charge is 2.28. The molecule has 7 heteroatoms. The van der Waals surface area contributed by atoms with E-state index in [4.69, 9.17) is 0 Å². The van der Waals surface area contributed by atoms with Gasteiger partial charge in [-0.25, -0.2) is 0 Å². The van der Waals surface area contributed by atoms with Gasteiger partial charge in [0.15, 0.2) is 12.4 Å². The number of nitrogens with one attached hydrogen (secondary N) is 1. The van der Waals surface area contributed by atoms with Crippen LogP contribution in [0.3, 0.4) is 0 Å². The normalized spacial score (nSPS) is 11.1. The molecule has 27 heavy (non-hydrogen) atoms. The molecule has 2 aromatic rings. The van der Waals surface area contributed by atoms with Crippen LogP contribution < -0.4 is 10.1 Å². The summed E-state index contributed by atoms with van der Waals surface area (Å²) in [6.07, 6.45) is -4.28. The first-order chi connectivity index (χ1) is 12.7. The van der Waals surface area contributed by atoms with Gasteiger partial charge in [-0.3, -0.25) is 9.59 Å². The average molecular weight is 379 g/mol. The molecular weight excluding hydrogens is 359 g/mol. The van der Waals surface area contributed by atoms with Crippen molar-refractivity contribution in [1.29, 1.82) is 0 Å². The third-order valence-electron chi connectivity index (χ3n) is 3.74. The van der Waals surface area contributed by atoms with Crippen molar-refractivity contribution in [2.45, 2.75) is 32.5 Å². The number of amides is 1. The Morgan fingerprint density at radius 1 is 1.04 bits per heavy atom. The number of aryl methyl sites for hydroxylation is 1. The molecule has 0 spiro atoms. The molecule has 0 aliphatic rings.